The molecule has 0 aliphatic carbocycles. The highest BCUT2D eigenvalue weighted by Gasteiger charge is 2.26. The van der Waals surface area contributed by atoms with Gasteiger partial charge in [0.2, 0.25) is 0 Å². The van der Waals surface area contributed by atoms with Crippen LogP contribution in [0.3, 0.4) is 0 Å². The molecule has 8 heterocycles. The van der Waals surface area contributed by atoms with Gasteiger partial charge in [0.05, 0.1) is 44.1 Å². The first kappa shape index (κ1) is 71.4. The van der Waals surface area contributed by atoms with Gasteiger partial charge >= 0.3 is 0 Å². The molecular formula is C108H84N4S4. The maximum absolute atomic E-state index is 2.42. The van der Waals surface area contributed by atoms with Crippen LogP contribution in [0, 0.1) is 0 Å². The summed E-state index contributed by atoms with van der Waals surface area (Å²) in [5, 5.41) is 21.7. The van der Waals surface area contributed by atoms with Gasteiger partial charge in [-0.15, -0.1) is 45.3 Å². The van der Waals surface area contributed by atoms with Crippen molar-refractivity contribution in [1.82, 2.24) is 18.3 Å². The van der Waals surface area contributed by atoms with Crippen LogP contribution in [-0.2, 0) is 16.2 Å². The molecule has 0 atom stereocenters. The van der Waals surface area contributed by atoms with Crippen LogP contribution >= 0.6 is 45.3 Å². The van der Waals surface area contributed by atoms with Gasteiger partial charge in [-0.25, -0.2) is 0 Å². The number of hydrogen-bond donors (Lipinski definition) is 0. The fourth-order valence-corrected chi connectivity index (χ4v) is 23.4. The standard InChI is InChI=1S/3C28H23NS.C24H15NS/c1-28(2,3)18-12-14-19(15-13-18)29-23-10-6-4-9-22(23)26-24(29)17-16-21-20-8-5-7-11-25(20)30-27(21)26;1-28(2,3)22-14-9-13-19-20-16-17-24-25(27(20)30-26(19)22)21-12-7-8-15-23(21)29(24)18-10-5-4-6-11-18;1-28(2,3)18-13-16-25-22(17-18)20-14-15-24-26(27(20)30-25)21-11-7-8-12-23(21)29(24)19-9-5-4-6-10-19;1-2-8-16(9-3-1)25-20-12-6-4-11-19(20)23-21(25)15-14-18-17-10-5-7-13-22(17)26-24(18)23/h3*4-17H,1-3H3;1-15H. The lowest BCUT2D eigenvalue weighted by Crippen LogP contribution is -2.10. The van der Waals surface area contributed by atoms with E-state index in [9.17, 15) is 0 Å². The van der Waals surface area contributed by atoms with Gasteiger partial charge in [-0.2, -0.15) is 0 Å². The molecule has 24 aromatic rings. The normalized spacial score (nSPS) is 12.4. The van der Waals surface area contributed by atoms with Crippen LogP contribution in [0.4, 0.5) is 0 Å². The zero-order valence-corrected chi connectivity index (χ0v) is 69.6. The number of nitrogens with zero attached hydrogens (tertiary/aromatic N) is 4. The molecule has 116 heavy (non-hydrogen) atoms. The first-order valence-corrected chi connectivity index (χ1v) is 43.5. The van der Waals surface area contributed by atoms with Gasteiger partial charge in [0.1, 0.15) is 0 Å². The Kier molecular flexibility index (Phi) is 17.0. The largest absolute Gasteiger partial charge is 0.309 e. The van der Waals surface area contributed by atoms with Gasteiger partial charge in [0.15, 0.2) is 0 Å². The Morgan fingerprint density at radius 1 is 0.181 bits per heavy atom. The minimum Gasteiger partial charge on any atom is -0.309 e. The second kappa shape index (κ2) is 27.7. The molecule has 24 rings (SSSR count). The van der Waals surface area contributed by atoms with Crippen molar-refractivity contribution in [2.75, 3.05) is 0 Å². The average molecular weight is 1570 g/mol. The molecule has 0 unspecified atom stereocenters. The Labute approximate surface area is 689 Å². The molecule has 4 nitrogen and oxygen atoms in total. The van der Waals surface area contributed by atoms with E-state index in [-0.39, 0.29) is 16.2 Å². The lowest BCUT2D eigenvalue weighted by molar-refractivity contribution is 0.590. The van der Waals surface area contributed by atoms with Crippen LogP contribution in [0.15, 0.2) is 346 Å². The number of rotatable bonds is 4. The van der Waals surface area contributed by atoms with E-state index in [4.69, 9.17) is 0 Å². The van der Waals surface area contributed by atoms with E-state index in [1.807, 2.05) is 45.3 Å². The SMILES string of the molecule is CC(C)(C)c1ccc(-n2c3ccccc3c3c4sc5ccccc5c4ccc32)cc1.CC(C)(C)c1ccc2sc3c(ccc4c3c3ccccc3n4-c3ccccc3)c2c1.CC(C)(C)c1cccc2c1sc1c2ccc2c1c1ccccc1n2-c1ccccc1.c1ccc(-n2c3ccccc3c3c4sc5ccccc5c4ccc32)cc1. The number of fused-ring (bicyclic) bond motifs is 28. The first-order valence-electron chi connectivity index (χ1n) is 40.2. The van der Waals surface area contributed by atoms with Crippen LogP contribution in [0.5, 0.6) is 0 Å². The lowest BCUT2D eigenvalue weighted by atomic mass is 9.86. The molecule has 0 saturated carbocycles. The van der Waals surface area contributed by atoms with Crippen molar-refractivity contribution < 1.29 is 0 Å². The average Bonchev–Trinajstić information content (AvgIpc) is 1.57. The van der Waals surface area contributed by atoms with Gasteiger partial charge in [-0.3, -0.25) is 0 Å². The molecule has 0 amide bonds. The van der Waals surface area contributed by atoms with Gasteiger partial charge in [-0.05, 0) is 154 Å². The third-order valence-corrected chi connectivity index (χ3v) is 28.5. The highest BCUT2D eigenvalue weighted by Crippen LogP contribution is 2.50. The van der Waals surface area contributed by atoms with Crippen molar-refractivity contribution in [3.05, 3.63) is 362 Å². The van der Waals surface area contributed by atoms with E-state index in [2.05, 4.69) is 426 Å². The van der Waals surface area contributed by atoms with Crippen LogP contribution in [0.25, 0.3) is 191 Å². The summed E-state index contributed by atoms with van der Waals surface area (Å²) in [6.07, 6.45) is 0. The molecule has 560 valence electrons. The number of para-hydroxylation sites is 7. The van der Waals surface area contributed by atoms with Crippen molar-refractivity contribution in [2.24, 2.45) is 0 Å². The van der Waals surface area contributed by atoms with Crippen LogP contribution in [0.2, 0.25) is 0 Å². The van der Waals surface area contributed by atoms with Crippen LogP contribution in [-0.4, -0.2) is 18.3 Å². The van der Waals surface area contributed by atoms with Crippen LogP contribution in [0.1, 0.15) is 79.0 Å². The summed E-state index contributed by atoms with van der Waals surface area (Å²) in [6, 6.07) is 126. The summed E-state index contributed by atoms with van der Waals surface area (Å²) in [4.78, 5) is 0. The predicted molar refractivity (Wildman–Crippen MR) is 511 cm³/mol. The van der Waals surface area contributed by atoms with Gasteiger partial charge < -0.3 is 18.3 Å². The predicted octanol–water partition coefficient (Wildman–Crippen LogP) is 32.5. The van der Waals surface area contributed by atoms with Crippen molar-refractivity contribution in [2.45, 2.75) is 78.6 Å². The molecule has 0 aliphatic rings. The molecule has 8 aromatic heterocycles. The Morgan fingerprint density at radius 2 is 0.466 bits per heavy atom. The molecule has 16 aromatic carbocycles. The third-order valence-electron chi connectivity index (χ3n) is 23.6. The fourth-order valence-electron chi connectivity index (χ4n) is 18.1. The molecule has 0 fully saturated rings. The summed E-state index contributed by atoms with van der Waals surface area (Å²) in [5.41, 5.74) is 19.6. The van der Waals surface area contributed by atoms with E-state index >= 15 is 0 Å². The monoisotopic (exact) mass is 1560 g/mol. The highest BCUT2D eigenvalue weighted by atomic mass is 32.1. The number of thiophene rings is 4. The molecule has 8 heteroatoms. The zero-order chi connectivity index (χ0) is 78.5. The van der Waals surface area contributed by atoms with Gasteiger partial charge in [0.25, 0.3) is 0 Å². The van der Waals surface area contributed by atoms with Crippen molar-refractivity contribution in [3.63, 3.8) is 0 Å². The highest BCUT2D eigenvalue weighted by molar-refractivity contribution is 7.28. The summed E-state index contributed by atoms with van der Waals surface area (Å²) < 4.78 is 20.6. The van der Waals surface area contributed by atoms with Crippen molar-refractivity contribution in [3.8, 4) is 22.7 Å². The zero-order valence-electron chi connectivity index (χ0n) is 66.3. The second-order valence-corrected chi connectivity index (χ2v) is 38.0. The van der Waals surface area contributed by atoms with Crippen LogP contribution < -0.4 is 0 Å². The minimum atomic E-state index is 0.123. The van der Waals surface area contributed by atoms with E-state index < -0.39 is 0 Å². The maximum Gasteiger partial charge on any atom is 0.0555 e. The summed E-state index contributed by atoms with van der Waals surface area (Å²) >= 11 is 7.68. The fraction of sp³-hybridized carbons (Fsp3) is 0.111. The van der Waals surface area contributed by atoms with E-state index in [0.717, 1.165) is 0 Å². The number of benzene rings is 16. The van der Waals surface area contributed by atoms with E-state index in [1.54, 1.807) is 0 Å². The molecule has 0 bridgehead atoms. The second-order valence-electron chi connectivity index (χ2n) is 33.9. The Bertz CT molecular complexity index is 7980. The summed E-state index contributed by atoms with van der Waals surface area (Å²) in [7, 11) is 0. The van der Waals surface area contributed by atoms with Crippen molar-refractivity contribution >= 4 is 213 Å². The summed E-state index contributed by atoms with van der Waals surface area (Å²) in [5.74, 6) is 0. The Balaban J connectivity index is 0.0000000968. The molecule has 0 N–H and O–H groups in total. The maximum atomic E-state index is 2.42. The quantitative estimate of drug-likeness (QED) is 0.167. The molecule has 0 spiro atoms. The first-order chi connectivity index (χ1) is 56.5. The Morgan fingerprint density at radius 3 is 0.836 bits per heavy atom. The molecule has 0 saturated heterocycles. The number of aromatic nitrogens is 4. The smallest absolute Gasteiger partial charge is 0.0555 e. The van der Waals surface area contributed by atoms with E-state index in [1.165, 1.54) is 207 Å². The molecular weight excluding hydrogens is 1480 g/mol. The van der Waals surface area contributed by atoms with Gasteiger partial charge in [-0.1, -0.05) is 287 Å². The molecule has 0 radical (unpaired) electrons. The summed E-state index contributed by atoms with van der Waals surface area (Å²) in [6.45, 7) is 20.6. The third kappa shape index (κ3) is 11.7. The number of hydrogen-bond acceptors (Lipinski definition) is 4. The topological polar surface area (TPSA) is 19.7 Å². The lowest BCUT2D eigenvalue weighted by Gasteiger charge is -2.19. The van der Waals surface area contributed by atoms with Gasteiger partial charge in [0, 0.05) is 147 Å². The minimum absolute atomic E-state index is 0.123. The van der Waals surface area contributed by atoms with E-state index in [0.29, 0.717) is 0 Å². The molecule has 0 aliphatic heterocycles. The van der Waals surface area contributed by atoms with Crippen molar-refractivity contribution in [1.29, 1.82) is 0 Å². The Hall–Kier alpha value is -12.4.